The summed E-state index contributed by atoms with van der Waals surface area (Å²) in [5, 5.41) is 11.1. The van der Waals surface area contributed by atoms with Crippen molar-refractivity contribution in [2.75, 3.05) is 0 Å². The van der Waals surface area contributed by atoms with E-state index in [1.54, 1.807) is 6.92 Å². The Hall–Kier alpha value is -2.33. The SMILES string of the molecule is C/C1=C/C2C(=O)C(C)CC2(O)C(=O)/C(C)=C\C2C(CC1)C2(C)C.C/C1=C/C2C(CC/C(C)=C\CC(=O)/C(C)=C\CC1)C2(C)C. The number of ketones is 3. The number of allylic oxidation sites excluding steroid dienone is 8. The minimum atomic E-state index is -1.56. The van der Waals surface area contributed by atoms with Crippen LogP contribution in [0.4, 0.5) is 0 Å². The lowest BCUT2D eigenvalue weighted by Crippen LogP contribution is -2.43. The van der Waals surface area contributed by atoms with E-state index in [-0.39, 0.29) is 35.1 Å². The minimum Gasteiger partial charge on any atom is -0.381 e. The lowest BCUT2D eigenvalue weighted by Gasteiger charge is -2.26. The number of rotatable bonds is 0. The van der Waals surface area contributed by atoms with E-state index in [1.165, 1.54) is 17.6 Å². The van der Waals surface area contributed by atoms with Crippen LogP contribution in [-0.2, 0) is 14.4 Å². The van der Waals surface area contributed by atoms with Gasteiger partial charge in [0.15, 0.2) is 11.6 Å². The summed E-state index contributed by atoms with van der Waals surface area (Å²) >= 11 is 0. The Labute approximate surface area is 267 Å². The highest BCUT2D eigenvalue weighted by molar-refractivity contribution is 6.07. The van der Waals surface area contributed by atoms with Gasteiger partial charge in [-0.3, -0.25) is 14.4 Å². The molecular formula is C40H58O4. The highest BCUT2D eigenvalue weighted by Crippen LogP contribution is 2.62. The molecule has 0 bridgehead atoms. The van der Waals surface area contributed by atoms with Crippen molar-refractivity contribution in [3.8, 4) is 0 Å². The summed E-state index contributed by atoms with van der Waals surface area (Å²) in [5.41, 5.74) is 4.64. The monoisotopic (exact) mass is 602 g/mol. The third-order valence-electron chi connectivity index (χ3n) is 12.1. The molecule has 242 valence electrons. The number of fused-ring (bicyclic) bond motifs is 3. The Morgan fingerprint density at radius 2 is 1.25 bits per heavy atom. The first-order chi connectivity index (χ1) is 20.4. The first-order valence-corrected chi connectivity index (χ1v) is 17.1. The molecule has 1 N–H and O–H groups in total. The molecule has 0 heterocycles. The van der Waals surface area contributed by atoms with Crippen LogP contribution in [0.2, 0.25) is 0 Å². The quantitative estimate of drug-likeness (QED) is 0.281. The average Bonchev–Trinajstić information content (AvgIpc) is 3.64. The number of aliphatic hydroxyl groups is 1. The Morgan fingerprint density at radius 1 is 0.705 bits per heavy atom. The number of hydrogen-bond donors (Lipinski definition) is 1. The van der Waals surface area contributed by atoms with Crippen molar-refractivity contribution < 1.29 is 19.5 Å². The third-order valence-corrected chi connectivity index (χ3v) is 12.1. The maximum atomic E-state index is 13.0. The molecule has 4 heteroatoms. The fraction of sp³-hybridized carbons (Fsp3) is 0.675. The fourth-order valence-corrected chi connectivity index (χ4v) is 8.40. The van der Waals surface area contributed by atoms with Crippen molar-refractivity contribution in [2.45, 2.75) is 126 Å². The molecule has 3 fully saturated rings. The van der Waals surface area contributed by atoms with Crippen LogP contribution in [0.1, 0.15) is 121 Å². The average molecular weight is 603 g/mol. The van der Waals surface area contributed by atoms with Crippen molar-refractivity contribution in [2.24, 2.45) is 46.3 Å². The number of hydrogen-bond acceptors (Lipinski definition) is 4. The summed E-state index contributed by atoms with van der Waals surface area (Å²) in [6.07, 6.45) is 17.9. The maximum Gasteiger partial charge on any atom is 0.190 e. The van der Waals surface area contributed by atoms with Crippen LogP contribution >= 0.6 is 0 Å². The van der Waals surface area contributed by atoms with Gasteiger partial charge in [-0.25, -0.2) is 0 Å². The second-order valence-electron chi connectivity index (χ2n) is 16.2. The maximum absolute atomic E-state index is 13.0. The van der Waals surface area contributed by atoms with E-state index >= 15 is 0 Å². The van der Waals surface area contributed by atoms with Gasteiger partial charge in [0.1, 0.15) is 11.4 Å². The number of Topliss-reactive ketones (excluding diaryl/α,β-unsaturated/α-hetero) is 3. The van der Waals surface area contributed by atoms with Crippen LogP contribution in [0.25, 0.3) is 0 Å². The largest absolute Gasteiger partial charge is 0.381 e. The summed E-state index contributed by atoms with van der Waals surface area (Å²) in [4.78, 5) is 37.5. The second kappa shape index (κ2) is 12.8. The Kier molecular flexibility index (Phi) is 10.1. The van der Waals surface area contributed by atoms with Gasteiger partial charge in [-0.2, -0.15) is 0 Å². The zero-order chi connectivity index (χ0) is 32.8. The molecule has 0 aromatic rings. The third kappa shape index (κ3) is 7.06. The van der Waals surface area contributed by atoms with E-state index in [0.29, 0.717) is 29.2 Å². The second-order valence-corrected chi connectivity index (χ2v) is 16.2. The normalized spacial score (nSPS) is 43.0. The molecule has 4 nitrogen and oxygen atoms in total. The molecule has 5 rings (SSSR count). The zero-order valence-electron chi connectivity index (χ0n) is 29.2. The fourth-order valence-electron chi connectivity index (χ4n) is 8.40. The molecule has 0 spiro atoms. The van der Waals surface area contributed by atoms with E-state index in [9.17, 15) is 19.5 Å². The highest BCUT2D eigenvalue weighted by Gasteiger charge is 2.58. The van der Waals surface area contributed by atoms with Gasteiger partial charge in [-0.15, -0.1) is 0 Å². The Bertz CT molecular complexity index is 1330. The molecule has 5 aliphatic rings. The molecule has 0 aliphatic heterocycles. The molecule has 7 unspecified atom stereocenters. The van der Waals surface area contributed by atoms with Crippen LogP contribution < -0.4 is 0 Å². The van der Waals surface area contributed by atoms with Crippen LogP contribution in [0.15, 0.2) is 58.2 Å². The molecule has 0 saturated heterocycles. The summed E-state index contributed by atoms with van der Waals surface area (Å²) in [7, 11) is 0. The van der Waals surface area contributed by atoms with E-state index < -0.39 is 11.5 Å². The topological polar surface area (TPSA) is 71.4 Å². The van der Waals surface area contributed by atoms with Crippen molar-refractivity contribution in [1.29, 1.82) is 0 Å². The highest BCUT2D eigenvalue weighted by atomic mass is 16.3. The van der Waals surface area contributed by atoms with E-state index in [1.807, 2.05) is 26.8 Å². The van der Waals surface area contributed by atoms with Gasteiger partial charge in [0.05, 0.1) is 5.92 Å². The van der Waals surface area contributed by atoms with Gasteiger partial charge in [-0.1, -0.05) is 81.7 Å². The van der Waals surface area contributed by atoms with Crippen molar-refractivity contribution in [1.82, 2.24) is 0 Å². The van der Waals surface area contributed by atoms with Gasteiger partial charge < -0.3 is 5.11 Å². The Balaban J connectivity index is 0.000000202. The summed E-state index contributed by atoms with van der Waals surface area (Å²) in [6, 6.07) is 0. The smallest absolute Gasteiger partial charge is 0.190 e. The minimum absolute atomic E-state index is 0.00210. The molecule has 0 amide bonds. The van der Waals surface area contributed by atoms with Crippen LogP contribution in [0.5, 0.6) is 0 Å². The molecule has 0 aromatic carbocycles. The standard InChI is InChI=1S/C20H28O3.C20H30O/c1-11-6-7-14-15(19(14,4)5)9-12(2)18(22)20(23)10-13(3)17(21)16(20)8-11;1-14-9-11-17-18(20(17,4)5)13-15(2)7-6-8-16(3)19(21)12-10-14/h8-9,13-16,23H,6-7,10H2,1-5H3;8,10,13,17-18H,6-7,9,11-12H2,1-5H3/b11-8-,12-9-;14-10-,15-13-,16-8-. The molecule has 5 aliphatic carbocycles. The van der Waals surface area contributed by atoms with Crippen LogP contribution in [0, 0.1) is 46.3 Å². The van der Waals surface area contributed by atoms with Crippen LogP contribution in [-0.4, -0.2) is 28.1 Å². The van der Waals surface area contributed by atoms with Gasteiger partial charge in [-0.05, 0) is 125 Å². The van der Waals surface area contributed by atoms with Crippen LogP contribution in [0.3, 0.4) is 0 Å². The van der Waals surface area contributed by atoms with Crippen molar-refractivity contribution in [3.63, 3.8) is 0 Å². The number of carbonyl (C=O) groups is 3. The first-order valence-electron chi connectivity index (χ1n) is 17.1. The van der Waals surface area contributed by atoms with Crippen molar-refractivity contribution in [3.05, 3.63) is 58.2 Å². The molecule has 0 radical (unpaired) electrons. The molecule has 7 atom stereocenters. The van der Waals surface area contributed by atoms with Crippen molar-refractivity contribution >= 4 is 17.3 Å². The number of carbonyl (C=O) groups excluding carboxylic acids is 3. The summed E-state index contributed by atoms with van der Waals surface area (Å²) in [5.74, 6) is 1.61. The Morgan fingerprint density at radius 3 is 1.86 bits per heavy atom. The van der Waals surface area contributed by atoms with E-state index in [0.717, 1.165) is 55.1 Å². The lowest BCUT2D eigenvalue weighted by atomic mass is 9.82. The summed E-state index contributed by atoms with van der Waals surface area (Å²) in [6.45, 7) is 21.3. The lowest BCUT2D eigenvalue weighted by molar-refractivity contribution is -0.138. The molecule has 44 heavy (non-hydrogen) atoms. The van der Waals surface area contributed by atoms with Gasteiger partial charge in [0.2, 0.25) is 0 Å². The predicted molar refractivity (Wildman–Crippen MR) is 180 cm³/mol. The predicted octanol–water partition coefficient (Wildman–Crippen LogP) is 9.10. The zero-order valence-corrected chi connectivity index (χ0v) is 29.2. The first kappa shape index (κ1) is 34.5. The van der Waals surface area contributed by atoms with Gasteiger partial charge in [0, 0.05) is 12.3 Å². The van der Waals surface area contributed by atoms with Gasteiger partial charge >= 0.3 is 0 Å². The molecule has 0 aromatic heterocycles. The molecule has 3 saturated carbocycles. The molecular weight excluding hydrogens is 544 g/mol. The van der Waals surface area contributed by atoms with Gasteiger partial charge in [0.25, 0.3) is 0 Å². The van der Waals surface area contributed by atoms with E-state index in [4.69, 9.17) is 0 Å². The van der Waals surface area contributed by atoms with E-state index in [2.05, 4.69) is 65.8 Å². The summed E-state index contributed by atoms with van der Waals surface area (Å²) < 4.78 is 0.